The number of aryl methyl sites for hydroxylation is 3. The van der Waals surface area contributed by atoms with Crippen LogP contribution in [0.5, 0.6) is 0 Å². The van der Waals surface area contributed by atoms with Crippen LogP contribution in [0, 0.1) is 20.8 Å². The van der Waals surface area contributed by atoms with Crippen molar-refractivity contribution >= 4 is 44.4 Å². The predicted molar refractivity (Wildman–Crippen MR) is 107 cm³/mol. The van der Waals surface area contributed by atoms with E-state index >= 15 is 0 Å². The molecule has 2 N–H and O–H groups in total. The Kier molecular flexibility index (Phi) is 5.60. The molecule has 25 heavy (non-hydrogen) atoms. The molecule has 0 radical (unpaired) electrons. The first-order valence-electron chi connectivity index (χ1n) is 8.14. The SMILES string of the molecule is Cc1ccc(SCCC(=O)NNc2nc3c(C)c(C)ccc3s2)cc1. The number of rotatable bonds is 6. The van der Waals surface area contributed by atoms with Crippen molar-refractivity contribution < 1.29 is 4.79 Å². The largest absolute Gasteiger partial charge is 0.273 e. The van der Waals surface area contributed by atoms with Gasteiger partial charge in [0.1, 0.15) is 0 Å². The van der Waals surface area contributed by atoms with E-state index in [2.05, 4.69) is 73.0 Å². The molecule has 3 rings (SSSR count). The number of aromatic nitrogens is 1. The minimum Gasteiger partial charge on any atom is -0.273 e. The van der Waals surface area contributed by atoms with Gasteiger partial charge in [-0.3, -0.25) is 15.6 Å². The van der Waals surface area contributed by atoms with Crippen molar-refractivity contribution in [1.29, 1.82) is 0 Å². The molecule has 0 fully saturated rings. The highest BCUT2D eigenvalue weighted by Gasteiger charge is 2.08. The van der Waals surface area contributed by atoms with Gasteiger partial charge in [-0.05, 0) is 50.1 Å². The highest BCUT2D eigenvalue weighted by atomic mass is 32.2. The number of hydrogen-bond acceptors (Lipinski definition) is 5. The first-order chi connectivity index (χ1) is 12.0. The summed E-state index contributed by atoms with van der Waals surface area (Å²) in [6, 6.07) is 12.5. The van der Waals surface area contributed by atoms with Crippen LogP contribution in [0.1, 0.15) is 23.1 Å². The minimum atomic E-state index is -0.0354. The first kappa shape index (κ1) is 17.8. The highest BCUT2D eigenvalue weighted by molar-refractivity contribution is 7.99. The van der Waals surface area contributed by atoms with Crippen LogP contribution in [0.15, 0.2) is 41.3 Å². The van der Waals surface area contributed by atoms with Crippen LogP contribution in [0.4, 0.5) is 5.13 Å². The van der Waals surface area contributed by atoms with E-state index in [1.54, 1.807) is 23.1 Å². The Morgan fingerprint density at radius 2 is 1.88 bits per heavy atom. The van der Waals surface area contributed by atoms with Crippen molar-refractivity contribution in [3.8, 4) is 0 Å². The molecule has 0 aliphatic carbocycles. The number of benzene rings is 2. The number of thiazole rings is 1. The smallest absolute Gasteiger partial charge is 0.239 e. The third-order valence-corrected chi connectivity index (χ3v) is 5.96. The summed E-state index contributed by atoms with van der Waals surface area (Å²) in [5, 5.41) is 0.711. The molecule has 1 heterocycles. The molecular weight excluding hydrogens is 350 g/mol. The maximum absolute atomic E-state index is 12.0. The van der Waals surface area contributed by atoms with Gasteiger partial charge in [-0.15, -0.1) is 11.8 Å². The third kappa shape index (κ3) is 4.52. The first-order valence-corrected chi connectivity index (χ1v) is 9.94. The lowest BCUT2D eigenvalue weighted by atomic mass is 10.1. The Labute approximate surface area is 156 Å². The molecule has 4 nitrogen and oxygen atoms in total. The van der Waals surface area contributed by atoms with Gasteiger partial charge in [0.25, 0.3) is 0 Å². The second kappa shape index (κ2) is 7.89. The predicted octanol–water partition coefficient (Wildman–Crippen LogP) is 4.85. The highest BCUT2D eigenvalue weighted by Crippen LogP contribution is 2.29. The molecule has 0 aliphatic heterocycles. The summed E-state index contributed by atoms with van der Waals surface area (Å²) < 4.78 is 1.12. The monoisotopic (exact) mass is 371 g/mol. The molecule has 0 unspecified atom stereocenters. The van der Waals surface area contributed by atoms with Crippen molar-refractivity contribution in [2.75, 3.05) is 11.2 Å². The van der Waals surface area contributed by atoms with Gasteiger partial charge in [0.05, 0.1) is 10.2 Å². The summed E-state index contributed by atoms with van der Waals surface area (Å²) in [4.78, 5) is 17.7. The molecular formula is C19H21N3OS2. The summed E-state index contributed by atoms with van der Waals surface area (Å²) >= 11 is 3.23. The molecule has 0 aliphatic rings. The molecule has 6 heteroatoms. The fraction of sp³-hybridized carbons (Fsp3) is 0.263. The number of carbonyl (C=O) groups excluding carboxylic acids is 1. The summed E-state index contributed by atoms with van der Waals surface area (Å²) in [5.74, 6) is 0.709. The van der Waals surface area contributed by atoms with Gasteiger partial charge >= 0.3 is 0 Å². The molecule has 130 valence electrons. The second-order valence-corrected chi connectivity index (χ2v) is 8.16. The molecule has 0 saturated carbocycles. The quantitative estimate of drug-likeness (QED) is 0.480. The Morgan fingerprint density at radius 1 is 1.12 bits per heavy atom. The second-order valence-electron chi connectivity index (χ2n) is 5.96. The molecule has 3 aromatic rings. The summed E-state index contributed by atoms with van der Waals surface area (Å²) in [6.45, 7) is 6.22. The molecule has 0 bridgehead atoms. The summed E-state index contributed by atoms with van der Waals surface area (Å²) in [5.41, 5.74) is 10.3. The van der Waals surface area contributed by atoms with Gasteiger partial charge in [-0.2, -0.15) is 0 Å². The molecule has 1 amide bonds. The standard InChI is InChI=1S/C19H21N3OS2/c1-12-4-7-15(8-5-12)24-11-10-17(23)21-22-19-20-18-14(3)13(2)6-9-16(18)25-19/h4-9H,10-11H2,1-3H3,(H,20,22)(H,21,23). The van der Waals surface area contributed by atoms with E-state index < -0.39 is 0 Å². The van der Waals surface area contributed by atoms with E-state index in [0.717, 1.165) is 16.0 Å². The molecule has 2 aromatic carbocycles. The van der Waals surface area contributed by atoms with Crippen LogP contribution < -0.4 is 10.9 Å². The van der Waals surface area contributed by atoms with Crippen molar-refractivity contribution in [3.05, 3.63) is 53.1 Å². The average Bonchev–Trinajstić information content (AvgIpc) is 3.02. The number of fused-ring (bicyclic) bond motifs is 1. The summed E-state index contributed by atoms with van der Waals surface area (Å²) in [6.07, 6.45) is 0.453. The molecule has 0 spiro atoms. The van der Waals surface area contributed by atoms with Crippen LogP contribution >= 0.6 is 23.1 Å². The summed E-state index contributed by atoms with van der Waals surface area (Å²) in [7, 11) is 0. The number of hydrazine groups is 1. The van der Waals surface area contributed by atoms with Crippen LogP contribution in [-0.2, 0) is 4.79 Å². The molecule has 0 atom stereocenters. The van der Waals surface area contributed by atoms with Gasteiger partial charge in [0.2, 0.25) is 11.0 Å². The van der Waals surface area contributed by atoms with Gasteiger partial charge in [0.15, 0.2) is 0 Å². The maximum Gasteiger partial charge on any atom is 0.239 e. The Bertz CT molecular complexity index is 888. The van der Waals surface area contributed by atoms with E-state index in [4.69, 9.17) is 0 Å². The van der Waals surface area contributed by atoms with Crippen LogP contribution in [0.3, 0.4) is 0 Å². The zero-order valence-corrected chi connectivity index (χ0v) is 16.2. The zero-order chi connectivity index (χ0) is 17.8. The molecule has 1 aromatic heterocycles. The number of anilines is 1. The van der Waals surface area contributed by atoms with E-state index in [-0.39, 0.29) is 5.91 Å². The fourth-order valence-electron chi connectivity index (χ4n) is 2.36. The normalized spacial score (nSPS) is 10.8. The van der Waals surface area contributed by atoms with Gasteiger partial charge < -0.3 is 0 Å². The number of hydrogen-bond donors (Lipinski definition) is 2. The van der Waals surface area contributed by atoms with Gasteiger partial charge in [-0.25, -0.2) is 4.98 Å². The average molecular weight is 372 g/mol. The van der Waals surface area contributed by atoms with Crippen molar-refractivity contribution in [1.82, 2.24) is 10.4 Å². The Balaban J connectivity index is 1.49. The van der Waals surface area contributed by atoms with E-state index in [1.165, 1.54) is 21.6 Å². The number of thioether (sulfide) groups is 1. The third-order valence-electron chi connectivity index (χ3n) is 4.01. The lowest BCUT2D eigenvalue weighted by Gasteiger charge is -2.05. The fourth-order valence-corrected chi connectivity index (χ4v) is 4.09. The zero-order valence-electron chi connectivity index (χ0n) is 14.6. The number of nitrogens with zero attached hydrogens (tertiary/aromatic N) is 1. The van der Waals surface area contributed by atoms with E-state index in [1.807, 2.05) is 0 Å². The van der Waals surface area contributed by atoms with Crippen LogP contribution in [0.2, 0.25) is 0 Å². The van der Waals surface area contributed by atoms with Gasteiger partial charge in [-0.1, -0.05) is 35.1 Å². The Hall–Kier alpha value is -2.05. The Morgan fingerprint density at radius 3 is 2.64 bits per heavy atom. The minimum absolute atomic E-state index is 0.0354. The lowest BCUT2D eigenvalue weighted by molar-refractivity contribution is -0.120. The van der Waals surface area contributed by atoms with Crippen LogP contribution in [-0.4, -0.2) is 16.6 Å². The number of nitrogens with one attached hydrogen (secondary N) is 2. The number of amides is 1. The van der Waals surface area contributed by atoms with E-state index in [0.29, 0.717) is 11.6 Å². The number of carbonyl (C=O) groups is 1. The molecule has 0 saturated heterocycles. The maximum atomic E-state index is 12.0. The van der Waals surface area contributed by atoms with E-state index in [9.17, 15) is 4.79 Å². The lowest BCUT2D eigenvalue weighted by Crippen LogP contribution is -2.29. The van der Waals surface area contributed by atoms with Crippen molar-refractivity contribution in [3.63, 3.8) is 0 Å². The topological polar surface area (TPSA) is 54.0 Å². The van der Waals surface area contributed by atoms with Crippen LogP contribution in [0.25, 0.3) is 10.2 Å². The van der Waals surface area contributed by atoms with Crippen molar-refractivity contribution in [2.45, 2.75) is 32.1 Å². The van der Waals surface area contributed by atoms with Gasteiger partial charge in [0, 0.05) is 17.1 Å². The van der Waals surface area contributed by atoms with Crippen molar-refractivity contribution in [2.24, 2.45) is 0 Å².